The van der Waals surface area contributed by atoms with Gasteiger partial charge in [0.05, 0.1) is 0 Å². The Morgan fingerprint density at radius 3 is 2.71 bits per heavy atom. The van der Waals surface area contributed by atoms with Crippen molar-refractivity contribution >= 4 is 37.2 Å². The molecule has 1 aliphatic heterocycles. The second kappa shape index (κ2) is 6.82. The van der Waals surface area contributed by atoms with Crippen molar-refractivity contribution in [3.05, 3.63) is 35.2 Å². The molecule has 0 unspecified atom stereocenters. The Hall–Kier alpha value is -1.44. The standard InChI is InChI=1S/C17H22N2O3S2/c1-24(21,22)17(7-10-18-11-8-17)16(20)19-9-6-13-12-23-15-5-3-2-4-14(13)15/h2-5,12,18H,6-11H2,1H3,(H,19,20). The summed E-state index contributed by atoms with van der Waals surface area (Å²) < 4.78 is 24.4. The minimum Gasteiger partial charge on any atom is -0.354 e. The molecule has 0 radical (unpaired) electrons. The molecule has 2 heterocycles. The van der Waals surface area contributed by atoms with Crippen molar-refractivity contribution in [2.24, 2.45) is 0 Å². The number of rotatable bonds is 5. The predicted octanol–water partition coefficient (Wildman–Crippen LogP) is 1.73. The maximum atomic E-state index is 12.6. The molecule has 3 rings (SSSR count). The summed E-state index contributed by atoms with van der Waals surface area (Å²) in [6.07, 6.45) is 2.54. The third kappa shape index (κ3) is 3.20. The van der Waals surface area contributed by atoms with Crippen LogP contribution in [0.4, 0.5) is 0 Å². The van der Waals surface area contributed by atoms with Gasteiger partial charge >= 0.3 is 0 Å². The fraction of sp³-hybridized carbons (Fsp3) is 0.471. The van der Waals surface area contributed by atoms with Crippen molar-refractivity contribution in [3.8, 4) is 0 Å². The van der Waals surface area contributed by atoms with Gasteiger partial charge in [0.2, 0.25) is 5.91 Å². The number of carbonyl (C=O) groups is 1. The van der Waals surface area contributed by atoms with Crippen molar-refractivity contribution in [2.75, 3.05) is 25.9 Å². The Bertz CT molecular complexity index is 836. The fourth-order valence-electron chi connectivity index (χ4n) is 3.30. The molecule has 130 valence electrons. The highest BCUT2D eigenvalue weighted by Gasteiger charge is 2.48. The van der Waals surface area contributed by atoms with Gasteiger partial charge in [-0.15, -0.1) is 11.3 Å². The first-order valence-electron chi connectivity index (χ1n) is 8.08. The molecule has 7 heteroatoms. The number of hydrogen-bond donors (Lipinski definition) is 2. The summed E-state index contributed by atoms with van der Waals surface area (Å²) in [4.78, 5) is 12.6. The van der Waals surface area contributed by atoms with E-state index < -0.39 is 14.6 Å². The van der Waals surface area contributed by atoms with E-state index in [1.54, 1.807) is 11.3 Å². The molecule has 0 aliphatic carbocycles. The number of nitrogens with one attached hydrogen (secondary N) is 2. The summed E-state index contributed by atoms with van der Waals surface area (Å²) in [6.45, 7) is 1.55. The van der Waals surface area contributed by atoms with Crippen molar-refractivity contribution in [1.29, 1.82) is 0 Å². The minimum atomic E-state index is -3.46. The van der Waals surface area contributed by atoms with E-state index in [1.165, 1.54) is 21.9 Å². The number of benzene rings is 1. The summed E-state index contributed by atoms with van der Waals surface area (Å²) in [5, 5.41) is 9.29. The maximum absolute atomic E-state index is 12.6. The topological polar surface area (TPSA) is 75.3 Å². The van der Waals surface area contributed by atoms with Gasteiger partial charge in [-0.3, -0.25) is 4.79 Å². The number of amides is 1. The number of thiophene rings is 1. The van der Waals surface area contributed by atoms with Crippen LogP contribution in [0.1, 0.15) is 18.4 Å². The Morgan fingerprint density at radius 2 is 2.00 bits per heavy atom. The number of piperidine rings is 1. The van der Waals surface area contributed by atoms with E-state index in [1.807, 2.05) is 12.1 Å². The van der Waals surface area contributed by atoms with Crippen LogP contribution in [0.3, 0.4) is 0 Å². The van der Waals surface area contributed by atoms with Gasteiger partial charge in [0.1, 0.15) is 0 Å². The average molecular weight is 367 g/mol. The van der Waals surface area contributed by atoms with Crippen LogP contribution in [0.2, 0.25) is 0 Å². The fourth-order valence-corrected chi connectivity index (χ4v) is 5.65. The molecule has 1 amide bonds. The minimum absolute atomic E-state index is 0.332. The monoisotopic (exact) mass is 366 g/mol. The Kier molecular flexibility index (Phi) is 4.94. The molecule has 2 aromatic rings. The van der Waals surface area contributed by atoms with Gasteiger partial charge in [0.25, 0.3) is 0 Å². The van der Waals surface area contributed by atoms with Gasteiger partial charge in [-0.25, -0.2) is 8.42 Å². The second-order valence-corrected chi connectivity index (χ2v) is 9.52. The summed E-state index contributed by atoms with van der Waals surface area (Å²) in [6, 6.07) is 8.17. The molecule has 1 aromatic heterocycles. The molecule has 1 aromatic carbocycles. The summed E-state index contributed by atoms with van der Waals surface area (Å²) >= 11 is 1.69. The number of carbonyl (C=O) groups excluding carboxylic acids is 1. The SMILES string of the molecule is CS(=O)(=O)C1(C(=O)NCCc2csc3ccccc23)CCNCC1. The highest BCUT2D eigenvalue weighted by Crippen LogP contribution is 2.28. The van der Waals surface area contributed by atoms with Crippen molar-refractivity contribution < 1.29 is 13.2 Å². The van der Waals surface area contributed by atoms with Crippen molar-refractivity contribution in [1.82, 2.24) is 10.6 Å². The molecule has 0 atom stereocenters. The summed E-state index contributed by atoms with van der Waals surface area (Å²) in [5.74, 6) is -0.356. The Morgan fingerprint density at radius 1 is 1.29 bits per heavy atom. The number of hydrogen-bond acceptors (Lipinski definition) is 5. The van der Waals surface area contributed by atoms with E-state index in [4.69, 9.17) is 0 Å². The molecule has 24 heavy (non-hydrogen) atoms. The smallest absolute Gasteiger partial charge is 0.241 e. The van der Waals surface area contributed by atoms with Crippen LogP contribution >= 0.6 is 11.3 Å². The number of fused-ring (bicyclic) bond motifs is 1. The molecular weight excluding hydrogens is 344 g/mol. The van der Waals surface area contributed by atoms with E-state index >= 15 is 0 Å². The lowest BCUT2D eigenvalue weighted by Gasteiger charge is -2.34. The Balaban J connectivity index is 1.68. The molecular formula is C17H22N2O3S2. The van der Waals surface area contributed by atoms with Crippen LogP contribution in [0.5, 0.6) is 0 Å². The van der Waals surface area contributed by atoms with Gasteiger partial charge in [-0.05, 0) is 54.7 Å². The molecule has 0 bridgehead atoms. The number of sulfone groups is 1. The lowest BCUT2D eigenvalue weighted by molar-refractivity contribution is -0.124. The lowest BCUT2D eigenvalue weighted by atomic mass is 9.95. The van der Waals surface area contributed by atoms with Crippen LogP contribution in [0.15, 0.2) is 29.6 Å². The van der Waals surface area contributed by atoms with Crippen molar-refractivity contribution in [3.63, 3.8) is 0 Å². The first-order valence-corrected chi connectivity index (χ1v) is 10.8. The molecule has 1 fully saturated rings. The first-order chi connectivity index (χ1) is 11.4. The lowest BCUT2D eigenvalue weighted by Crippen LogP contribution is -2.57. The van der Waals surface area contributed by atoms with Gasteiger partial charge in [-0.2, -0.15) is 0 Å². The molecule has 0 saturated carbocycles. The van der Waals surface area contributed by atoms with Gasteiger partial charge < -0.3 is 10.6 Å². The zero-order valence-corrected chi connectivity index (χ0v) is 15.3. The zero-order chi connectivity index (χ0) is 17.2. The first kappa shape index (κ1) is 17.4. The van der Waals surface area contributed by atoms with E-state index in [0.717, 1.165) is 0 Å². The van der Waals surface area contributed by atoms with Gasteiger partial charge in [0.15, 0.2) is 14.6 Å². The molecule has 0 spiro atoms. The second-order valence-electron chi connectivity index (χ2n) is 6.28. The van der Waals surface area contributed by atoms with Crippen LogP contribution in [0.25, 0.3) is 10.1 Å². The largest absolute Gasteiger partial charge is 0.354 e. The van der Waals surface area contributed by atoms with E-state index in [9.17, 15) is 13.2 Å². The predicted molar refractivity (Wildman–Crippen MR) is 98.2 cm³/mol. The van der Waals surface area contributed by atoms with E-state index in [0.29, 0.717) is 38.9 Å². The molecule has 5 nitrogen and oxygen atoms in total. The normalized spacial score (nSPS) is 17.7. The summed E-state index contributed by atoms with van der Waals surface area (Å²) in [5.41, 5.74) is 1.19. The van der Waals surface area contributed by atoms with Gasteiger partial charge in [0, 0.05) is 17.5 Å². The molecule has 1 saturated heterocycles. The van der Waals surface area contributed by atoms with Gasteiger partial charge in [-0.1, -0.05) is 18.2 Å². The van der Waals surface area contributed by atoms with Crippen LogP contribution in [-0.2, 0) is 21.1 Å². The third-order valence-electron chi connectivity index (χ3n) is 4.78. The zero-order valence-electron chi connectivity index (χ0n) is 13.7. The third-order valence-corrected chi connectivity index (χ3v) is 7.80. The van der Waals surface area contributed by atoms with Crippen LogP contribution in [0, 0.1) is 0 Å². The highest BCUT2D eigenvalue weighted by molar-refractivity contribution is 7.92. The van der Waals surface area contributed by atoms with Crippen molar-refractivity contribution in [2.45, 2.75) is 24.0 Å². The Labute approximate surface area is 146 Å². The summed E-state index contributed by atoms with van der Waals surface area (Å²) in [7, 11) is -3.46. The van der Waals surface area contributed by atoms with E-state index in [2.05, 4.69) is 28.1 Å². The maximum Gasteiger partial charge on any atom is 0.241 e. The molecule has 2 N–H and O–H groups in total. The van der Waals surface area contributed by atoms with E-state index in [-0.39, 0.29) is 5.91 Å². The van der Waals surface area contributed by atoms with Crippen LogP contribution in [-0.4, -0.2) is 45.0 Å². The molecule has 1 aliphatic rings. The highest BCUT2D eigenvalue weighted by atomic mass is 32.2. The quantitative estimate of drug-likeness (QED) is 0.845. The average Bonchev–Trinajstić information content (AvgIpc) is 2.98. The van der Waals surface area contributed by atoms with Crippen LogP contribution < -0.4 is 10.6 Å².